The van der Waals surface area contributed by atoms with Gasteiger partial charge in [-0.1, -0.05) is 72.4 Å². The SMILES string of the molecule is Cn1c(Cc2ccccc2)nnc1S[C@H](C(=O)Nc1ccc(F)cc1)c1ccccc1. The summed E-state index contributed by atoms with van der Waals surface area (Å²) in [7, 11) is 1.90. The highest BCUT2D eigenvalue weighted by atomic mass is 32.2. The van der Waals surface area contributed by atoms with Gasteiger partial charge in [0.25, 0.3) is 0 Å². The monoisotopic (exact) mass is 432 g/mol. The number of carbonyl (C=O) groups excluding carboxylic acids is 1. The minimum Gasteiger partial charge on any atom is -0.325 e. The standard InChI is InChI=1S/C24H21FN4OS/c1-29-21(16-17-8-4-2-5-9-17)27-28-24(29)31-22(18-10-6-3-7-11-18)23(30)26-20-14-12-19(25)13-15-20/h2-15,22H,16H2,1H3,(H,26,30)/t22-/m0/s1. The van der Waals surface area contributed by atoms with Crippen LogP contribution in [-0.4, -0.2) is 20.7 Å². The van der Waals surface area contributed by atoms with E-state index in [2.05, 4.69) is 15.5 Å². The molecule has 0 bridgehead atoms. The van der Waals surface area contributed by atoms with Crippen molar-refractivity contribution in [2.24, 2.45) is 7.05 Å². The minimum absolute atomic E-state index is 0.213. The predicted molar refractivity (Wildman–Crippen MR) is 120 cm³/mol. The highest BCUT2D eigenvalue weighted by molar-refractivity contribution is 8.00. The van der Waals surface area contributed by atoms with Crippen LogP contribution in [0.15, 0.2) is 90.1 Å². The van der Waals surface area contributed by atoms with E-state index in [1.165, 1.54) is 23.9 Å². The van der Waals surface area contributed by atoms with Crippen LogP contribution in [0.2, 0.25) is 0 Å². The summed E-state index contributed by atoms with van der Waals surface area (Å²) < 4.78 is 15.1. The second-order valence-corrected chi connectivity index (χ2v) is 8.10. The number of anilines is 1. The Morgan fingerprint density at radius 3 is 2.29 bits per heavy atom. The topological polar surface area (TPSA) is 59.8 Å². The Kier molecular flexibility index (Phi) is 6.43. The second-order valence-electron chi connectivity index (χ2n) is 7.02. The molecule has 0 saturated heterocycles. The molecule has 0 aliphatic rings. The summed E-state index contributed by atoms with van der Waals surface area (Å²) in [6.45, 7) is 0. The molecule has 0 saturated carbocycles. The number of carbonyl (C=O) groups is 1. The molecular formula is C24H21FN4OS. The summed E-state index contributed by atoms with van der Waals surface area (Å²) in [5.74, 6) is 0.256. The van der Waals surface area contributed by atoms with Crippen molar-refractivity contribution in [3.8, 4) is 0 Å². The van der Waals surface area contributed by atoms with Gasteiger partial charge in [-0.05, 0) is 35.4 Å². The van der Waals surface area contributed by atoms with E-state index in [4.69, 9.17) is 0 Å². The Bertz CT molecular complexity index is 1150. The number of hydrogen-bond donors (Lipinski definition) is 1. The van der Waals surface area contributed by atoms with Crippen LogP contribution in [-0.2, 0) is 18.3 Å². The van der Waals surface area contributed by atoms with Crippen molar-refractivity contribution < 1.29 is 9.18 Å². The fourth-order valence-electron chi connectivity index (χ4n) is 3.13. The van der Waals surface area contributed by atoms with Gasteiger partial charge in [0.2, 0.25) is 5.91 Å². The van der Waals surface area contributed by atoms with Crippen LogP contribution >= 0.6 is 11.8 Å². The first-order valence-corrected chi connectivity index (χ1v) is 10.7. The van der Waals surface area contributed by atoms with E-state index in [1.54, 1.807) is 12.1 Å². The van der Waals surface area contributed by atoms with Crippen molar-refractivity contribution in [3.05, 3.63) is 108 Å². The van der Waals surface area contributed by atoms with Gasteiger partial charge in [0.05, 0.1) is 0 Å². The van der Waals surface area contributed by atoms with Crippen molar-refractivity contribution in [2.75, 3.05) is 5.32 Å². The van der Waals surface area contributed by atoms with Crippen LogP contribution in [0.5, 0.6) is 0 Å². The van der Waals surface area contributed by atoms with E-state index in [-0.39, 0.29) is 11.7 Å². The first-order chi connectivity index (χ1) is 15.1. The number of nitrogens with one attached hydrogen (secondary N) is 1. The lowest BCUT2D eigenvalue weighted by atomic mass is 10.1. The summed E-state index contributed by atoms with van der Waals surface area (Å²) in [6.07, 6.45) is 0.655. The normalized spacial score (nSPS) is 11.8. The molecule has 4 rings (SSSR count). The second kappa shape index (κ2) is 9.57. The molecule has 0 aliphatic heterocycles. The number of nitrogens with zero attached hydrogens (tertiary/aromatic N) is 3. The smallest absolute Gasteiger partial charge is 0.242 e. The highest BCUT2D eigenvalue weighted by Gasteiger charge is 2.25. The molecule has 1 heterocycles. The van der Waals surface area contributed by atoms with Crippen molar-refractivity contribution in [1.29, 1.82) is 0 Å². The zero-order valence-electron chi connectivity index (χ0n) is 16.9. The van der Waals surface area contributed by atoms with Gasteiger partial charge >= 0.3 is 0 Å². The van der Waals surface area contributed by atoms with E-state index in [0.29, 0.717) is 17.3 Å². The third-order valence-corrected chi connectivity index (χ3v) is 6.09. The van der Waals surface area contributed by atoms with Gasteiger partial charge < -0.3 is 9.88 Å². The van der Waals surface area contributed by atoms with Gasteiger partial charge in [0.1, 0.15) is 16.9 Å². The van der Waals surface area contributed by atoms with Crippen molar-refractivity contribution in [2.45, 2.75) is 16.8 Å². The maximum Gasteiger partial charge on any atom is 0.242 e. The third-order valence-electron chi connectivity index (χ3n) is 4.81. The first kappa shape index (κ1) is 20.8. The molecule has 0 spiro atoms. The quantitative estimate of drug-likeness (QED) is 0.417. The van der Waals surface area contributed by atoms with Gasteiger partial charge in [0, 0.05) is 19.2 Å². The fraction of sp³-hybridized carbons (Fsp3) is 0.125. The largest absolute Gasteiger partial charge is 0.325 e. The van der Waals surface area contributed by atoms with Crippen LogP contribution in [0.4, 0.5) is 10.1 Å². The Labute approximate surface area is 184 Å². The number of hydrogen-bond acceptors (Lipinski definition) is 4. The lowest BCUT2D eigenvalue weighted by molar-refractivity contribution is -0.115. The maximum atomic E-state index is 13.2. The molecule has 31 heavy (non-hydrogen) atoms. The van der Waals surface area contributed by atoms with Crippen molar-refractivity contribution in [3.63, 3.8) is 0 Å². The molecule has 3 aromatic carbocycles. The summed E-state index contributed by atoms with van der Waals surface area (Å²) in [6, 6.07) is 25.3. The molecule has 7 heteroatoms. The molecule has 1 amide bonds. The Morgan fingerprint density at radius 1 is 0.968 bits per heavy atom. The van der Waals surface area contributed by atoms with Gasteiger partial charge in [-0.3, -0.25) is 4.79 Å². The van der Waals surface area contributed by atoms with Gasteiger partial charge in [-0.25, -0.2) is 4.39 Å². The molecule has 156 valence electrons. The average Bonchev–Trinajstić information content (AvgIpc) is 3.14. The van der Waals surface area contributed by atoms with E-state index < -0.39 is 5.25 Å². The molecule has 1 aromatic heterocycles. The number of amides is 1. The molecular weight excluding hydrogens is 411 g/mol. The molecule has 0 fully saturated rings. The fourth-order valence-corrected chi connectivity index (χ4v) is 4.15. The predicted octanol–water partition coefficient (Wildman–Crippen LogP) is 5.02. The van der Waals surface area contributed by atoms with E-state index in [0.717, 1.165) is 17.0 Å². The van der Waals surface area contributed by atoms with E-state index in [1.807, 2.05) is 72.3 Å². The first-order valence-electron chi connectivity index (χ1n) is 9.80. The van der Waals surface area contributed by atoms with E-state index >= 15 is 0 Å². The van der Waals surface area contributed by atoms with E-state index in [9.17, 15) is 9.18 Å². The molecule has 5 nitrogen and oxygen atoms in total. The number of benzene rings is 3. The highest BCUT2D eigenvalue weighted by Crippen LogP contribution is 2.35. The zero-order chi connectivity index (χ0) is 21.6. The van der Waals surface area contributed by atoms with Gasteiger partial charge in [0.15, 0.2) is 5.16 Å². The summed E-state index contributed by atoms with van der Waals surface area (Å²) in [4.78, 5) is 13.1. The maximum absolute atomic E-state index is 13.2. The zero-order valence-corrected chi connectivity index (χ0v) is 17.7. The molecule has 1 atom stereocenters. The summed E-state index contributed by atoms with van der Waals surface area (Å²) >= 11 is 1.33. The molecule has 4 aromatic rings. The van der Waals surface area contributed by atoms with Crippen LogP contribution < -0.4 is 5.32 Å². The Hall–Kier alpha value is -3.45. The number of aromatic nitrogens is 3. The lowest BCUT2D eigenvalue weighted by Crippen LogP contribution is -2.19. The van der Waals surface area contributed by atoms with Crippen LogP contribution in [0.1, 0.15) is 22.2 Å². The van der Waals surface area contributed by atoms with Crippen LogP contribution in [0, 0.1) is 5.82 Å². The number of halogens is 1. The Morgan fingerprint density at radius 2 is 1.61 bits per heavy atom. The van der Waals surface area contributed by atoms with Crippen LogP contribution in [0.25, 0.3) is 0 Å². The van der Waals surface area contributed by atoms with Gasteiger partial charge in [-0.2, -0.15) is 0 Å². The number of rotatable bonds is 7. The van der Waals surface area contributed by atoms with Crippen molar-refractivity contribution >= 4 is 23.4 Å². The minimum atomic E-state index is -0.543. The molecule has 0 unspecified atom stereocenters. The Balaban J connectivity index is 1.57. The van der Waals surface area contributed by atoms with Crippen molar-refractivity contribution in [1.82, 2.24) is 14.8 Å². The molecule has 0 radical (unpaired) electrons. The van der Waals surface area contributed by atoms with Gasteiger partial charge in [-0.15, -0.1) is 10.2 Å². The van der Waals surface area contributed by atoms with Crippen LogP contribution in [0.3, 0.4) is 0 Å². The number of thioether (sulfide) groups is 1. The molecule has 1 N–H and O–H groups in total. The summed E-state index contributed by atoms with van der Waals surface area (Å²) in [5, 5.41) is 11.6. The molecule has 0 aliphatic carbocycles. The lowest BCUT2D eigenvalue weighted by Gasteiger charge is -2.16. The summed E-state index contributed by atoms with van der Waals surface area (Å²) in [5.41, 5.74) is 2.53. The third kappa shape index (κ3) is 5.19. The average molecular weight is 433 g/mol.